The largest absolute Gasteiger partial charge is 0.497 e. The summed E-state index contributed by atoms with van der Waals surface area (Å²) in [6.07, 6.45) is 0. The van der Waals surface area contributed by atoms with E-state index in [1.807, 2.05) is 55.5 Å². The van der Waals surface area contributed by atoms with Gasteiger partial charge in [0.2, 0.25) is 0 Å². The number of benzene rings is 2. The van der Waals surface area contributed by atoms with Gasteiger partial charge in [0.15, 0.2) is 0 Å². The van der Waals surface area contributed by atoms with Crippen LogP contribution in [0.5, 0.6) is 5.75 Å². The fourth-order valence-corrected chi connectivity index (χ4v) is 3.05. The van der Waals surface area contributed by atoms with Crippen molar-refractivity contribution in [3.05, 3.63) is 59.7 Å². The summed E-state index contributed by atoms with van der Waals surface area (Å²) < 4.78 is 17.4. The lowest BCUT2D eigenvalue weighted by molar-refractivity contribution is 0.414. The molecule has 20 heavy (non-hydrogen) atoms. The van der Waals surface area contributed by atoms with Crippen LogP contribution in [0.2, 0.25) is 0 Å². The third-order valence-corrected chi connectivity index (χ3v) is 4.62. The summed E-state index contributed by atoms with van der Waals surface area (Å²) >= 11 is 0. The predicted molar refractivity (Wildman–Crippen MR) is 82.4 cm³/mol. The molecule has 106 valence electrons. The van der Waals surface area contributed by atoms with Gasteiger partial charge in [0.25, 0.3) is 0 Å². The standard InChI is InChI=1S/C16H19NO2S/c1-12-3-5-13(6-4-12)16(17)11-20(18)15-9-7-14(19-2)8-10-15/h3-10,16H,11,17H2,1-2H3. The van der Waals surface area contributed by atoms with Crippen LogP contribution in [0.15, 0.2) is 53.4 Å². The molecular weight excluding hydrogens is 270 g/mol. The molecule has 2 N–H and O–H groups in total. The van der Waals surface area contributed by atoms with Crippen LogP contribution in [-0.4, -0.2) is 17.1 Å². The summed E-state index contributed by atoms with van der Waals surface area (Å²) in [6.45, 7) is 2.03. The first-order chi connectivity index (χ1) is 9.60. The Bertz CT molecular complexity index is 578. The fraction of sp³-hybridized carbons (Fsp3) is 0.250. The maximum absolute atomic E-state index is 12.3. The Morgan fingerprint density at radius 3 is 2.25 bits per heavy atom. The maximum atomic E-state index is 12.3. The number of hydrogen-bond donors (Lipinski definition) is 1. The van der Waals surface area contributed by atoms with Gasteiger partial charge in [-0.05, 0) is 36.8 Å². The van der Waals surface area contributed by atoms with Crippen LogP contribution in [0.25, 0.3) is 0 Å². The molecule has 0 amide bonds. The first-order valence-corrected chi connectivity index (χ1v) is 7.76. The number of aryl methyl sites for hydroxylation is 1. The van der Waals surface area contributed by atoms with E-state index in [0.29, 0.717) is 5.75 Å². The molecule has 0 bridgehead atoms. The predicted octanol–water partition coefficient (Wildman–Crippen LogP) is 2.81. The van der Waals surface area contributed by atoms with Crippen LogP contribution in [0.1, 0.15) is 17.2 Å². The number of rotatable bonds is 5. The maximum Gasteiger partial charge on any atom is 0.118 e. The Labute approximate surface area is 122 Å². The average molecular weight is 289 g/mol. The fourth-order valence-electron chi connectivity index (χ4n) is 1.90. The van der Waals surface area contributed by atoms with E-state index < -0.39 is 10.8 Å². The van der Waals surface area contributed by atoms with Gasteiger partial charge in [0, 0.05) is 16.7 Å². The molecule has 0 spiro atoms. The summed E-state index contributed by atoms with van der Waals surface area (Å²) in [5.74, 6) is 1.17. The summed E-state index contributed by atoms with van der Waals surface area (Å²) in [5.41, 5.74) is 8.33. The first-order valence-electron chi connectivity index (χ1n) is 6.44. The van der Waals surface area contributed by atoms with Crippen LogP contribution >= 0.6 is 0 Å². The van der Waals surface area contributed by atoms with Gasteiger partial charge in [-0.3, -0.25) is 4.21 Å². The topological polar surface area (TPSA) is 52.3 Å². The second kappa shape index (κ2) is 6.68. The second-order valence-electron chi connectivity index (χ2n) is 4.70. The number of nitrogens with two attached hydrogens (primary N) is 1. The van der Waals surface area contributed by atoms with E-state index in [1.165, 1.54) is 5.56 Å². The molecule has 0 fully saturated rings. The highest BCUT2D eigenvalue weighted by molar-refractivity contribution is 7.85. The van der Waals surface area contributed by atoms with Gasteiger partial charge in [0.05, 0.1) is 17.9 Å². The smallest absolute Gasteiger partial charge is 0.118 e. The van der Waals surface area contributed by atoms with E-state index in [4.69, 9.17) is 10.5 Å². The molecule has 0 heterocycles. The monoisotopic (exact) mass is 289 g/mol. The highest BCUT2D eigenvalue weighted by Crippen LogP contribution is 2.18. The summed E-state index contributed by atoms with van der Waals surface area (Å²) in [7, 11) is 0.500. The van der Waals surface area contributed by atoms with Crippen molar-refractivity contribution in [3.8, 4) is 5.75 Å². The van der Waals surface area contributed by atoms with Crippen LogP contribution in [0, 0.1) is 6.92 Å². The van der Waals surface area contributed by atoms with E-state index >= 15 is 0 Å². The number of ether oxygens (including phenoxy) is 1. The zero-order valence-electron chi connectivity index (χ0n) is 11.7. The van der Waals surface area contributed by atoms with Crippen molar-refractivity contribution in [1.29, 1.82) is 0 Å². The molecule has 4 heteroatoms. The molecule has 0 aliphatic carbocycles. The Balaban J connectivity index is 2.04. The molecular formula is C16H19NO2S. The average Bonchev–Trinajstić information content (AvgIpc) is 2.48. The molecule has 0 saturated heterocycles. The molecule has 2 aromatic rings. The molecule has 0 saturated carbocycles. The zero-order chi connectivity index (χ0) is 14.5. The van der Waals surface area contributed by atoms with Gasteiger partial charge in [-0.25, -0.2) is 0 Å². The minimum Gasteiger partial charge on any atom is -0.497 e. The number of hydrogen-bond acceptors (Lipinski definition) is 3. The summed E-state index contributed by atoms with van der Waals surface area (Å²) in [4.78, 5) is 0.772. The van der Waals surface area contributed by atoms with E-state index in [2.05, 4.69) is 0 Å². The lowest BCUT2D eigenvalue weighted by atomic mass is 10.1. The lowest BCUT2D eigenvalue weighted by Gasteiger charge is -2.12. The first kappa shape index (κ1) is 14.8. The van der Waals surface area contributed by atoms with Crippen molar-refractivity contribution in [1.82, 2.24) is 0 Å². The molecule has 2 unspecified atom stereocenters. The molecule has 0 radical (unpaired) electrons. The molecule has 0 aromatic heterocycles. The molecule has 0 aliphatic rings. The number of methoxy groups -OCH3 is 1. The third kappa shape index (κ3) is 3.68. The summed E-state index contributed by atoms with van der Waals surface area (Å²) in [5, 5.41) is 0. The van der Waals surface area contributed by atoms with Crippen LogP contribution in [-0.2, 0) is 10.8 Å². The zero-order valence-corrected chi connectivity index (χ0v) is 12.5. The van der Waals surface area contributed by atoms with E-state index in [-0.39, 0.29) is 6.04 Å². The van der Waals surface area contributed by atoms with Crippen LogP contribution in [0.4, 0.5) is 0 Å². The van der Waals surface area contributed by atoms with Crippen molar-refractivity contribution in [2.45, 2.75) is 17.9 Å². The van der Waals surface area contributed by atoms with E-state index in [1.54, 1.807) is 7.11 Å². The minimum absolute atomic E-state index is 0.224. The van der Waals surface area contributed by atoms with Crippen LogP contribution < -0.4 is 10.5 Å². The van der Waals surface area contributed by atoms with Crippen LogP contribution in [0.3, 0.4) is 0 Å². The molecule has 2 aromatic carbocycles. The molecule has 2 rings (SSSR count). The van der Waals surface area contributed by atoms with Crippen molar-refractivity contribution in [2.75, 3.05) is 12.9 Å². The van der Waals surface area contributed by atoms with Gasteiger partial charge in [-0.2, -0.15) is 0 Å². The lowest BCUT2D eigenvalue weighted by Crippen LogP contribution is -2.18. The van der Waals surface area contributed by atoms with Gasteiger partial charge >= 0.3 is 0 Å². The Hall–Kier alpha value is -1.65. The minimum atomic E-state index is -1.11. The van der Waals surface area contributed by atoms with E-state index in [0.717, 1.165) is 16.2 Å². The Kier molecular flexibility index (Phi) is 4.93. The quantitative estimate of drug-likeness (QED) is 0.921. The van der Waals surface area contributed by atoms with E-state index in [9.17, 15) is 4.21 Å². The SMILES string of the molecule is COc1ccc(S(=O)CC(N)c2ccc(C)cc2)cc1. The van der Waals surface area contributed by atoms with Gasteiger partial charge in [-0.15, -0.1) is 0 Å². The van der Waals surface area contributed by atoms with Gasteiger partial charge in [0.1, 0.15) is 5.75 Å². The molecule has 0 aliphatic heterocycles. The molecule has 2 atom stereocenters. The highest BCUT2D eigenvalue weighted by Gasteiger charge is 2.12. The van der Waals surface area contributed by atoms with Crippen molar-refractivity contribution < 1.29 is 8.95 Å². The second-order valence-corrected chi connectivity index (χ2v) is 6.20. The van der Waals surface area contributed by atoms with Gasteiger partial charge in [-0.1, -0.05) is 29.8 Å². The highest BCUT2D eigenvalue weighted by atomic mass is 32.2. The van der Waals surface area contributed by atoms with Gasteiger partial charge < -0.3 is 10.5 Å². The summed E-state index contributed by atoms with van der Waals surface area (Å²) in [6, 6.07) is 15.1. The van der Waals surface area contributed by atoms with Crippen molar-refractivity contribution in [2.24, 2.45) is 5.73 Å². The molecule has 3 nitrogen and oxygen atoms in total. The Morgan fingerprint density at radius 1 is 1.10 bits per heavy atom. The Morgan fingerprint density at radius 2 is 1.70 bits per heavy atom. The third-order valence-electron chi connectivity index (χ3n) is 3.16. The normalized spacial score (nSPS) is 13.8. The van der Waals surface area contributed by atoms with Crippen molar-refractivity contribution in [3.63, 3.8) is 0 Å². The van der Waals surface area contributed by atoms with Crippen molar-refractivity contribution >= 4 is 10.8 Å².